The number of amides is 2. The molecule has 5 heteroatoms. The van der Waals surface area contributed by atoms with Crippen LogP contribution in [0.2, 0.25) is 0 Å². The van der Waals surface area contributed by atoms with Crippen molar-refractivity contribution in [2.45, 2.75) is 25.7 Å². The molecule has 1 aliphatic carbocycles. The zero-order chi connectivity index (χ0) is 17.4. The molecule has 0 bridgehead atoms. The average Bonchev–Trinajstić information content (AvgIpc) is 3.44. The van der Waals surface area contributed by atoms with Crippen LogP contribution in [0.5, 0.6) is 0 Å². The summed E-state index contributed by atoms with van der Waals surface area (Å²) in [5.41, 5.74) is 1.92. The van der Waals surface area contributed by atoms with E-state index in [0.717, 1.165) is 23.0 Å². The number of aryl methyl sites for hydroxylation is 1. The minimum Gasteiger partial charge on any atom is -0.324 e. The van der Waals surface area contributed by atoms with Crippen LogP contribution in [0.1, 0.15) is 24.8 Å². The monoisotopic (exact) mass is 398 g/mol. The molecule has 0 spiro atoms. The largest absolute Gasteiger partial charge is 0.324 e. The maximum atomic E-state index is 13.2. The number of carbonyl (C=O) groups is 2. The highest BCUT2D eigenvalue weighted by Gasteiger charge is 2.58. The van der Waals surface area contributed by atoms with Gasteiger partial charge in [-0.1, -0.05) is 30.3 Å². The highest BCUT2D eigenvalue weighted by atomic mass is 79.9. The highest BCUT2D eigenvalue weighted by molar-refractivity contribution is 9.10. The van der Waals surface area contributed by atoms with Crippen LogP contribution in [0.15, 0.2) is 53.0 Å². The van der Waals surface area contributed by atoms with Crippen LogP contribution in [0.4, 0.5) is 11.4 Å². The van der Waals surface area contributed by atoms with E-state index in [2.05, 4.69) is 27.3 Å². The fourth-order valence-electron chi connectivity index (χ4n) is 3.47. The summed E-state index contributed by atoms with van der Waals surface area (Å²) in [7, 11) is 0. The van der Waals surface area contributed by atoms with Crippen LogP contribution in [0.25, 0.3) is 0 Å². The first-order valence-corrected chi connectivity index (χ1v) is 9.37. The third kappa shape index (κ3) is 2.86. The molecule has 0 atom stereocenters. The minimum absolute atomic E-state index is 0.0656. The van der Waals surface area contributed by atoms with Crippen LogP contribution < -0.4 is 10.2 Å². The second kappa shape index (κ2) is 6.30. The number of halogens is 1. The van der Waals surface area contributed by atoms with Crippen molar-refractivity contribution in [3.8, 4) is 0 Å². The molecule has 4 nitrogen and oxygen atoms in total. The summed E-state index contributed by atoms with van der Waals surface area (Å²) >= 11 is 3.44. The van der Waals surface area contributed by atoms with E-state index in [1.54, 1.807) is 0 Å². The summed E-state index contributed by atoms with van der Waals surface area (Å²) in [4.78, 5) is 27.9. The lowest BCUT2D eigenvalue weighted by Crippen LogP contribution is -2.45. The third-order valence-electron chi connectivity index (χ3n) is 5.07. The summed E-state index contributed by atoms with van der Waals surface area (Å²) < 4.78 is 0.815. The molecule has 1 heterocycles. The molecule has 0 radical (unpaired) electrons. The summed E-state index contributed by atoms with van der Waals surface area (Å²) in [5, 5.41) is 2.92. The van der Waals surface area contributed by atoms with Crippen molar-refractivity contribution >= 4 is 39.1 Å². The van der Waals surface area contributed by atoms with Crippen molar-refractivity contribution in [3.05, 3.63) is 58.6 Å². The Kier molecular flexibility index (Phi) is 4.12. The van der Waals surface area contributed by atoms with E-state index in [1.165, 1.54) is 5.56 Å². The molecule has 0 unspecified atom stereocenters. The van der Waals surface area contributed by atoms with Crippen molar-refractivity contribution < 1.29 is 9.59 Å². The second-order valence-corrected chi connectivity index (χ2v) is 7.56. The Hall–Kier alpha value is -2.14. The molecule has 2 aromatic rings. The average molecular weight is 399 g/mol. The molecule has 1 fully saturated rings. The van der Waals surface area contributed by atoms with E-state index in [1.807, 2.05) is 47.4 Å². The molecule has 0 aromatic heterocycles. The fraction of sp³-hybridized carbons (Fsp3) is 0.300. The lowest BCUT2D eigenvalue weighted by molar-refractivity contribution is -0.132. The number of hydrogen-bond acceptors (Lipinski definition) is 2. The molecule has 2 aliphatic rings. The minimum atomic E-state index is -0.917. The summed E-state index contributed by atoms with van der Waals surface area (Å²) in [6.45, 7) is 0.680. The SMILES string of the molecule is O=C(Nc1ccccc1Br)C1(C(=O)N2CCCc3ccccc32)CC1. The number of nitrogens with one attached hydrogen (secondary N) is 1. The van der Waals surface area contributed by atoms with Gasteiger partial charge in [0, 0.05) is 16.7 Å². The van der Waals surface area contributed by atoms with E-state index in [0.29, 0.717) is 25.1 Å². The van der Waals surface area contributed by atoms with Crippen molar-refractivity contribution in [2.24, 2.45) is 5.41 Å². The van der Waals surface area contributed by atoms with Gasteiger partial charge in [-0.3, -0.25) is 9.59 Å². The Morgan fingerprint density at radius 1 is 1.04 bits per heavy atom. The van der Waals surface area contributed by atoms with Crippen LogP contribution in [-0.2, 0) is 16.0 Å². The summed E-state index contributed by atoms with van der Waals surface area (Å²) in [6.07, 6.45) is 3.14. The number of nitrogens with zero attached hydrogens (tertiary/aromatic N) is 1. The van der Waals surface area contributed by atoms with Gasteiger partial charge >= 0.3 is 0 Å². The van der Waals surface area contributed by atoms with Crippen molar-refractivity contribution in [2.75, 3.05) is 16.8 Å². The molecule has 2 aromatic carbocycles. The van der Waals surface area contributed by atoms with Gasteiger partial charge in [-0.05, 0) is 65.4 Å². The van der Waals surface area contributed by atoms with Crippen LogP contribution in [0, 0.1) is 5.41 Å². The van der Waals surface area contributed by atoms with E-state index in [-0.39, 0.29) is 11.8 Å². The Balaban J connectivity index is 1.58. The predicted octanol–water partition coefficient (Wildman–Crippen LogP) is 4.15. The number of anilines is 2. The first-order valence-electron chi connectivity index (χ1n) is 8.58. The highest BCUT2D eigenvalue weighted by Crippen LogP contribution is 2.49. The second-order valence-electron chi connectivity index (χ2n) is 6.71. The Morgan fingerprint density at radius 2 is 1.76 bits per heavy atom. The number of hydrogen-bond donors (Lipinski definition) is 1. The van der Waals surface area contributed by atoms with Gasteiger partial charge in [0.2, 0.25) is 11.8 Å². The van der Waals surface area contributed by atoms with Gasteiger partial charge in [-0.15, -0.1) is 0 Å². The van der Waals surface area contributed by atoms with Gasteiger partial charge in [0.15, 0.2) is 0 Å². The third-order valence-corrected chi connectivity index (χ3v) is 5.76. The van der Waals surface area contributed by atoms with Crippen molar-refractivity contribution in [1.82, 2.24) is 0 Å². The molecule has 2 amide bonds. The molecule has 1 N–H and O–H groups in total. The zero-order valence-electron chi connectivity index (χ0n) is 13.8. The van der Waals surface area contributed by atoms with Crippen LogP contribution >= 0.6 is 15.9 Å². The number of fused-ring (bicyclic) bond motifs is 1. The standard InChI is InChI=1S/C20H19BrN2O2/c21-15-8-2-3-9-16(15)22-18(24)20(11-12-20)19(25)23-13-5-7-14-6-1-4-10-17(14)23/h1-4,6,8-10H,5,7,11-13H2,(H,22,24). The molecule has 1 aliphatic heterocycles. The normalized spacial score (nSPS) is 17.6. The summed E-state index contributed by atoms with van der Waals surface area (Å²) in [5.74, 6) is -0.267. The van der Waals surface area contributed by atoms with Gasteiger partial charge < -0.3 is 10.2 Å². The maximum Gasteiger partial charge on any atom is 0.242 e. The van der Waals surface area contributed by atoms with Gasteiger partial charge in [-0.25, -0.2) is 0 Å². The van der Waals surface area contributed by atoms with Gasteiger partial charge in [0.1, 0.15) is 5.41 Å². The van der Waals surface area contributed by atoms with E-state index < -0.39 is 5.41 Å². The van der Waals surface area contributed by atoms with Crippen molar-refractivity contribution in [3.63, 3.8) is 0 Å². The van der Waals surface area contributed by atoms with E-state index >= 15 is 0 Å². The number of carbonyl (C=O) groups excluding carboxylic acids is 2. The first kappa shape index (κ1) is 16.3. The molecule has 25 heavy (non-hydrogen) atoms. The molecule has 0 saturated heterocycles. The Labute approximate surface area is 155 Å². The zero-order valence-corrected chi connectivity index (χ0v) is 15.4. The molecule has 1 saturated carbocycles. The van der Waals surface area contributed by atoms with Crippen LogP contribution in [-0.4, -0.2) is 18.4 Å². The number of para-hydroxylation sites is 2. The lowest BCUT2D eigenvalue weighted by atomic mass is 9.97. The molecular formula is C20H19BrN2O2. The van der Waals surface area contributed by atoms with Gasteiger partial charge in [-0.2, -0.15) is 0 Å². The summed E-state index contributed by atoms with van der Waals surface area (Å²) in [6, 6.07) is 15.5. The quantitative estimate of drug-likeness (QED) is 0.789. The topological polar surface area (TPSA) is 49.4 Å². The fourth-order valence-corrected chi connectivity index (χ4v) is 3.85. The van der Waals surface area contributed by atoms with Crippen LogP contribution in [0.3, 0.4) is 0 Å². The predicted molar refractivity (Wildman–Crippen MR) is 102 cm³/mol. The smallest absolute Gasteiger partial charge is 0.242 e. The van der Waals surface area contributed by atoms with Gasteiger partial charge in [0.25, 0.3) is 0 Å². The molecule has 128 valence electrons. The van der Waals surface area contributed by atoms with Gasteiger partial charge in [0.05, 0.1) is 5.69 Å². The van der Waals surface area contributed by atoms with E-state index in [4.69, 9.17) is 0 Å². The van der Waals surface area contributed by atoms with Crippen molar-refractivity contribution in [1.29, 1.82) is 0 Å². The number of benzene rings is 2. The van der Waals surface area contributed by atoms with E-state index in [9.17, 15) is 9.59 Å². The lowest BCUT2D eigenvalue weighted by Gasteiger charge is -2.32. The number of rotatable bonds is 3. The molecular weight excluding hydrogens is 380 g/mol. The maximum absolute atomic E-state index is 13.2. The Morgan fingerprint density at radius 3 is 2.52 bits per heavy atom. The first-order chi connectivity index (χ1) is 12.1. The molecule has 4 rings (SSSR count). The Bertz CT molecular complexity index is 845.